The van der Waals surface area contributed by atoms with Crippen molar-refractivity contribution in [3.8, 4) is 17.1 Å². The number of alkyl halides is 9. The molecular weight excluding hydrogens is 724 g/mol. The van der Waals surface area contributed by atoms with Crippen molar-refractivity contribution >= 4 is 0 Å². The Bertz CT molecular complexity index is 1470. The SMILES string of the molecule is CC(C)(c1cccc(-c2[c-]cc(C(F)(F)F)nc2C(F)(F)F)n1)c1cccc(-n2[c-]cc(C(F)(F)F)n2)n1.[Pt+2]. The number of rotatable bonds is 4. The number of nitrogens with zero attached hydrogens (tertiary/aromatic N) is 5. The first-order valence-corrected chi connectivity index (χ1v) is 10.6. The third-order valence-corrected chi connectivity index (χ3v) is 5.44. The van der Waals surface area contributed by atoms with Crippen molar-refractivity contribution in [2.45, 2.75) is 37.8 Å². The van der Waals surface area contributed by atoms with Gasteiger partial charge in [-0.2, -0.15) is 39.5 Å². The molecule has 0 N–H and O–H groups in total. The normalized spacial score (nSPS) is 12.8. The maximum absolute atomic E-state index is 13.6. The van der Waals surface area contributed by atoms with Crippen LogP contribution in [0.25, 0.3) is 17.1 Å². The summed E-state index contributed by atoms with van der Waals surface area (Å²) in [5, 5.41) is 3.42. The smallest absolute Gasteiger partial charge is 0.343 e. The summed E-state index contributed by atoms with van der Waals surface area (Å²) >= 11 is 0. The van der Waals surface area contributed by atoms with Crippen LogP contribution in [-0.4, -0.2) is 24.7 Å². The zero-order valence-electron chi connectivity index (χ0n) is 19.6. The van der Waals surface area contributed by atoms with Crippen molar-refractivity contribution in [2.75, 3.05) is 0 Å². The number of hydrogen-bond acceptors (Lipinski definition) is 4. The van der Waals surface area contributed by atoms with E-state index in [1.54, 1.807) is 13.8 Å². The molecule has 0 radical (unpaired) electrons. The van der Waals surface area contributed by atoms with Crippen molar-refractivity contribution in [1.29, 1.82) is 0 Å². The number of aromatic nitrogens is 5. The molecule has 4 aromatic rings. The summed E-state index contributed by atoms with van der Waals surface area (Å²) in [5.41, 5.74) is -6.54. The topological polar surface area (TPSA) is 56.5 Å². The van der Waals surface area contributed by atoms with Crippen LogP contribution in [0.4, 0.5) is 39.5 Å². The Balaban J connectivity index is 0.00000420. The van der Waals surface area contributed by atoms with Gasteiger partial charge in [0.05, 0.1) is 22.9 Å². The molecule has 0 spiro atoms. The van der Waals surface area contributed by atoms with Gasteiger partial charge in [0.15, 0.2) is 0 Å². The van der Waals surface area contributed by atoms with Crippen LogP contribution >= 0.6 is 0 Å². The molecule has 0 bridgehead atoms. The van der Waals surface area contributed by atoms with Crippen LogP contribution in [0.15, 0.2) is 48.5 Å². The van der Waals surface area contributed by atoms with Gasteiger partial charge < -0.3 is 14.6 Å². The van der Waals surface area contributed by atoms with Crippen molar-refractivity contribution in [3.63, 3.8) is 0 Å². The summed E-state index contributed by atoms with van der Waals surface area (Å²) < 4.78 is 119. The molecule has 4 rings (SSSR count). The molecule has 208 valence electrons. The van der Waals surface area contributed by atoms with Gasteiger partial charge in [0.25, 0.3) is 0 Å². The maximum atomic E-state index is 13.6. The van der Waals surface area contributed by atoms with Gasteiger partial charge in [-0.3, -0.25) is 10.1 Å². The van der Waals surface area contributed by atoms with Crippen LogP contribution in [0.5, 0.6) is 0 Å². The van der Waals surface area contributed by atoms with Gasteiger partial charge in [0.2, 0.25) is 0 Å². The monoisotopic (exact) mass is 738 g/mol. The van der Waals surface area contributed by atoms with E-state index < -0.39 is 46.6 Å². The van der Waals surface area contributed by atoms with Crippen molar-refractivity contribution in [3.05, 3.63) is 89.3 Å². The Kier molecular flexibility index (Phi) is 8.04. The van der Waals surface area contributed by atoms with E-state index in [-0.39, 0.29) is 44.0 Å². The third kappa shape index (κ3) is 6.31. The Morgan fingerprint density at radius 1 is 0.667 bits per heavy atom. The molecule has 4 heterocycles. The minimum absolute atomic E-state index is 0. The molecular formula is C24H14F9N5Pt. The average molecular weight is 738 g/mol. The first-order valence-electron chi connectivity index (χ1n) is 10.6. The Labute approximate surface area is 229 Å². The summed E-state index contributed by atoms with van der Waals surface area (Å²) in [6.45, 7) is 3.22. The quantitative estimate of drug-likeness (QED) is 0.173. The predicted octanol–water partition coefficient (Wildman–Crippen LogP) is 6.70. The van der Waals surface area contributed by atoms with Gasteiger partial charge >= 0.3 is 39.6 Å². The van der Waals surface area contributed by atoms with E-state index in [1.165, 1.54) is 30.3 Å². The Morgan fingerprint density at radius 2 is 1.26 bits per heavy atom. The van der Waals surface area contributed by atoms with Crippen LogP contribution in [0.3, 0.4) is 0 Å². The summed E-state index contributed by atoms with van der Waals surface area (Å²) in [5.74, 6) is -0.0122. The number of pyridine rings is 3. The predicted molar refractivity (Wildman–Crippen MR) is 114 cm³/mol. The molecule has 5 nitrogen and oxygen atoms in total. The third-order valence-electron chi connectivity index (χ3n) is 5.44. The standard InChI is InChI=1S/C24H14F9N5.Pt/c1-21(2,16-7-4-8-19(35-16)38-12-11-18(37-38)23(28,29)30)15-6-3-5-14(34-15)13-9-10-17(22(25,26)27)36-20(13)24(31,32)33;/h3-8,10-11H,1-2H3;/q-2;+2. The average Bonchev–Trinajstić information content (AvgIpc) is 3.34. The molecule has 4 aromatic heterocycles. The van der Waals surface area contributed by atoms with E-state index >= 15 is 0 Å². The largest absolute Gasteiger partial charge is 2.00 e. The fourth-order valence-electron chi connectivity index (χ4n) is 3.45. The first-order chi connectivity index (χ1) is 17.5. The summed E-state index contributed by atoms with van der Waals surface area (Å²) in [6, 6.07) is 11.3. The van der Waals surface area contributed by atoms with Crippen molar-refractivity contribution < 1.29 is 60.6 Å². The van der Waals surface area contributed by atoms with Gasteiger partial charge in [-0.25, -0.2) is 0 Å². The second kappa shape index (κ2) is 10.4. The molecule has 0 aliphatic rings. The molecule has 0 fully saturated rings. The molecule has 0 atom stereocenters. The van der Waals surface area contributed by atoms with Gasteiger partial charge in [-0.05, 0) is 31.7 Å². The van der Waals surface area contributed by atoms with Crippen LogP contribution in [0.2, 0.25) is 0 Å². The Morgan fingerprint density at radius 3 is 1.82 bits per heavy atom. The minimum atomic E-state index is -5.23. The summed E-state index contributed by atoms with van der Waals surface area (Å²) in [4.78, 5) is 11.3. The van der Waals surface area contributed by atoms with E-state index in [1.807, 2.05) is 6.07 Å². The summed E-state index contributed by atoms with van der Waals surface area (Å²) in [6.07, 6.45) is -12.7. The van der Waals surface area contributed by atoms with Gasteiger partial charge in [0.1, 0.15) is 0 Å². The molecule has 0 unspecified atom stereocenters. The van der Waals surface area contributed by atoms with Crippen LogP contribution < -0.4 is 0 Å². The van der Waals surface area contributed by atoms with Gasteiger partial charge in [-0.1, -0.05) is 36.0 Å². The molecule has 0 saturated carbocycles. The Hall–Kier alpha value is -3.28. The number of halogens is 9. The summed E-state index contributed by atoms with van der Waals surface area (Å²) in [7, 11) is 0. The van der Waals surface area contributed by atoms with Crippen LogP contribution in [0, 0.1) is 12.3 Å². The fourth-order valence-corrected chi connectivity index (χ4v) is 3.45. The van der Waals surface area contributed by atoms with Crippen molar-refractivity contribution in [1.82, 2.24) is 24.7 Å². The molecule has 15 heteroatoms. The molecule has 0 aliphatic carbocycles. The zero-order chi connectivity index (χ0) is 28.1. The molecule has 0 amide bonds. The molecule has 0 saturated heterocycles. The fraction of sp³-hybridized carbons (Fsp3) is 0.250. The van der Waals surface area contributed by atoms with Crippen LogP contribution in [0.1, 0.15) is 42.3 Å². The second-order valence-corrected chi connectivity index (χ2v) is 8.49. The number of hydrogen-bond donors (Lipinski definition) is 0. The van der Waals surface area contributed by atoms with Crippen LogP contribution in [-0.2, 0) is 45.0 Å². The molecule has 39 heavy (non-hydrogen) atoms. The minimum Gasteiger partial charge on any atom is -0.343 e. The van der Waals surface area contributed by atoms with E-state index in [9.17, 15) is 39.5 Å². The second-order valence-electron chi connectivity index (χ2n) is 8.49. The molecule has 0 aliphatic heterocycles. The van der Waals surface area contributed by atoms with Crippen molar-refractivity contribution in [2.24, 2.45) is 0 Å². The molecule has 0 aromatic carbocycles. The van der Waals surface area contributed by atoms with E-state index in [0.717, 1.165) is 10.7 Å². The maximum Gasteiger partial charge on any atom is 2.00 e. The van der Waals surface area contributed by atoms with E-state index in [4.69, 9.17) is 0 Å². The van der Waals surface area contributed by atoms with E-state index in [0.29, 0.717) is 12.1 Å². The first kappa shape index (κ1) is 30.3. The van der Waals surface area contributed by atoms with Gasteiger partial charge in [-0.15, -0.1) is 18.2 Å². The van der Waals surface area contributed by atoms with Gasteiger partial charge in [0, 0.05) is 16.8 Å². The van der Waals surface area contributed by atoms with E-state index in [2.05, 4.69) is 26.2 Å². The zero-order valence-corrected chi connectivity index (χ0v) is 21.8.